The monoisotopic (exact) mass is 252 g/mol. The molecule has 0 aliphatic heterocycles. The number of halogens is 4. The molecule has 0 aliphatic carbocycles. The van der Waals surface area contributed by atoms with Gasteiger partial charge in [-0.3, -0.25) is 0 Å². The lowest BCUT2D eigenvalue weighted by molar-refractivity contribution is -0.137. The molecule has 0 spiro atoms. The fourth-order valence-corrected chi connectivity index (χ4v) is 1.60. The lowest BCUT2D eigenvalue weighted by Crippen LogP contribution is -2.17. The van der Waals surface area contributed by atoms with Crippen LogP contribution in [0.5, 0.6) is 0 Å². The molecule has 0 aliphatic rings. The number of hydrogen-bond donors (Lipinski definition) is 2. The van der Waals surface area contributed by atoms with E-state index in [1.54, 1.807) is 0 Å². The standard InChI is InChI=1S/C10H12ClF3N2/c11-8-2-1-6(10(12,13)14)5-7(8)9(16)3-4-15/h1-2,5,9H,3-4,15-16H2/t9-/m0/s1. The van der Waals surface area contributed by atoms with Crippen LogP contribution in [0.1, 0.15) is 23.6 Å². The summed E-state index contributed by atoms with van der Waals surface area (Å²) in [7, 11) is 0. The molecule has 1 rings (SSSR count). The molecule has 0 saturated heterocycles. The Morgan fingerprint density at radius 2 is 1.94 bits per heavy atom. The van der Waals surface area contributed by atoms with Gasteiger partial charge in [0.05, 0.1) is 5.56 Å². The number of nitrogens with two attached hydrogens (primary N) is 2. The number of alkyl halides is 3. The van der Waals surface area contributed by atoms with Crippen molar-refractivity contribution in [1.82, 2.24) is 0 Å². The highest BCUT2D eigenvalue weighted by atomic mass is 35.5. The average Bonchev–Trinajstić information content (AvgIpc) is 2.16. The largest absolute Gasteiger partial charge is 0.416 e. The third kappa shape index (κ3) is 3.10. The summed E-state index contributed by atoms with van der Waals surface area (Å²) < 4.78 is 37.3. The molecule has 1 atom stereocenters. The van der Waals surface area contributed by atoms with Crippen LogP contribution >= 0.6 is 11.6 Å². The molecule has 90 valence electrons. The van der Waals surface area contributed by atoms with Crippen molar-refractivity contribution in [3.8, 4) is 0 Å². The molecule has 0 fully saturated rings. The fourth-order valence-electron chi connectivity index (χ4n) is 1.34. The van der Waals surface area contributed by atoms with Crippen LogP contribution < -0.4 is 11.5 Å². The predicted octanol–water partition coefficient (Wildman–Crippen LogP) is 2.71. The Bertz CT molecular complexity index is 366. The molecular weight excluding hydrogens is 241 g/mol. The van der Waals surface area contributed by atoms with E-state index < -0.39 is 17.8 Å². The van der Waals surface area contributed by atoms with Gasteiger partial charge in [-0.1, -0.05) is 11.6 Å². The molecule has 16 heavy (non-hydrogen) atoms. The Hall–Kier alpha value is -0.780. The fraction of sp³-hybridized carbons (Fsp3) is 0.400. The minimum absolute atomic E-state index is 0.231. The van der Waals surface area contributed by atoms with E-state index >= 15 is 0 Å². The van der Waals surface area contributed by atoms with Gasteiger partial charge >= 0.3 is 6.18 Å². The van der Waals surface area contributed by atoms with Gasteiger partial charge < -0.3 is 11.5 Å². The van der Waals surface area contributed by atoms with E-state index in [4.69, 9.17) is 23.1 Å². The highest BCUT2D eigenvalue weighted by Gasteiger charge is 2.31. The topological polar surface area (TPSA) is 52.0 Å². The Labute approximate surface area is 96.4 Å². The second-order valence-corrected chi connectivity index (χ2v) is 3.83. The minimum Gasteiger partial charge on any atom is -0.330 e. The molecule has 0 saturated carbocycles. The van der Waals surface area contributed by atoms with E-state index in [0.717, 1.165) is 12.1 Å². The van der Waals surface area contributed by atoms with Gasteiger partial charge in [0.2, 0.25) is 0 Å². The molecule has 0 radical (unpaired) electrons. The summed E-state index contributed by atoms with van der Waals surface area (Å²) in [5, 5.41) is 0.231. The van der Waals surface area contributed by atoms with E-state index in [2.05, 4.69) is 0 Å². The first kappa shape index (κ1) is 13.3. The molecule has 2 nitrogen and oxygen atoms in total. The van der Waals surface area contributed by atoms with Crippen molar-refractivity contribution in [2.75, 3.05) is 6.54 Å². The Balaban J connectivity index is 3.09. The first-order valence-electron chi connectivity index (χ1n) is 4.68. The van der Waals surface area contributed by atoms with Crippen LogP contribution in [0.15, 0.2) is 18.2 Å². The van der Waals surface area contributed by atoms with Gasteiger partial charge in [0.25, 0.3) is 0 Å². The summed E-state index contributed by atoms with van der Waals surface area (Å²) in [5.41, 5.74) is 10.5. The van der Waals surface area contributed by atoms with Crippen molar-refractivity contribution in [3.05, 3.63) is 34.3 Å². The zero-order valence-corrected chi connectivity index (χ0v) is 9.15. The molecule has 0 heterocycles. The third-order valence-electron chi connectivity index (χ3n) is 2.20. The normalized spacial score (nSPS) is 13.9. The smallest absolute Gasteiger partial charge is 0.330 e. The van der Waals surface area contributed by atoms with Gasteiger partial charge in [-0.15, -0.1) is 0 Å². The van der Waals surface area contributed by atoms with Crippen LogP contribution in [-0.4, -0.2) is 6.54 Å². The summed E-state index contributed by atoms with van der Waals surface area (Å²) in [6.07, 6.45) is -4.00. The maximum atomic E-state index is 12.4. The lowest BCUT2D eigenvalue weighted by Gasteiger charge is -2.15. The lowest BCUT2D eigenvalue weighted by atomic mass is 10.0. The number of benzene rings is 1. The van der Waals surface area contributed by atoms with Gasteiger partial charge in [0.15, 0.2) is 0 Å². The Morgan fingerprint density at radius 3 is 2.44 bits per heavy atom. The van der Waals surface area contributed by atoms with Crippen LogP contribution in [-0.2, 0) is 6.18 Å². The first-order valence-corrected chi connectivity index (χ1v) is 5.06. The number of rotatable bonds is 3. The van der Waals surface area contributed by atoms with Crippen LogP contribution in [0.2, 0.25) is 5.02 Å². The summed E-state index contributed by atoms with van der Waals surface area (Å²) in [5.74, 6) is 0. The van der Waals surface area contributed by atoms with Crippen molar-refractivity contribution in [1.29, 1.82) is 0 Å². The molecule has 1 aromatic carbocycles. The Kier molecular flexibility index (Phi) is 4.18. The summed E-state index contributed by atoms with van der Waals surface area (Å²) in [6.45, 7) is 0.299. The highest BCUT2D eigenvalue weighted by Crippen LogP contribution is 2.33. The number of hydrogen-bond acceptors (Lipinski definition) is 2. The second kappa shape index (κ2) is 5.03. The van der Waals surface area contributed by atoms with E-state index in [1.807, 2.05) is 0 Å². The van der Waals surface area contributed by atoms with E-state index in [9.17, 15) is 13.2 Å². The van der Waals surface area contributed by atoms with Crippen LogP contribution in [0.4, 0.5) is 13.2 Å². The summed E-state index contributed by atoms with van der Waals surface area (Å²) >= 11 is 5.79. The molecule has 6 heteroatoms. The molecule has 0 aromatic heterocycles. The maximum absolute atomic E-state index is 12.4. The molecular formula is C10H12ClF3N2. The average molecular weight is 253 g/mol. The van der Waals surface area contributed by atoms with Crippen molar-refractivity contribution in [3.63, 3.8) is 0 Å². The highest BCUT2D eigenvalue weighted by molar-refractivity contribution is 6.31. The zero-order chi connectivity index (χ0) is 12.3. The molecule has 0 bridgehead atoms. The molecule has 0 unspecified atom stereocenters. The van der Waals surface area contributed by atoms with E-state index in [1.165, 1.54) is 6.07 Å². The maximum Gasteiger partial charge on any atom is 0.416 e. The molecule has 1 aromatic rings. The van der Waals surface area contributed by atoms with Gasteiger partial charge in [-0.25, -0.2) is 0 Å². The quantitative estimate of drug-likeness (QED) is 0.869. The van der Waals surface area contributed by atoms with E-state index in [-0.39, 0.29) is 10.6 Å². The van der Waals surface area contributed by atoms with Gasteiger partial charge in [0, 0.05) is 11.1 Å². The first-order chi connectivity index (χ1) is 7.36. The van der Waals surface area contributed by atoms with E-state index in [0.29, 0.717) is 13.0 Å². The van der Waals surface area contributed by atoms with Crippen LogP contribution in [0, 0.1) is 0 Å². The van der Waals surface area contributed by atoms with Crippen LogP contribution in [0.3, 0.4) is 0 Å². The zero-order valence-electron chi connectivity index (χ0n) is 8.39. The van der Waals surface area contributed by atoms with Crippen molar-refractivity contribution in [2.45, 2.75) is 18.6 Å². The van der Waals surface area contributed by atoms with Gasteiger partial charge in [-0.05, 0) is 36.7 Å². The van der Waals surface area contributed by atoms with Crippen molar-refractivity contribution >= 4 is 11.6 Å². The third-order valence-corrected chi connectivity index (χ3v) is 2.54. The Morgan fingerprint density at radius 1 is 1.31 bits per heavy atom. The summed E-state index contributed by atoms with van der Waals surface area (Å²) in [4.78, 5) is 0. The molecule has 4 N–H and O–H groups in total. The second-order valence-electron chi connectivity index (χ2n) is 3.42. The predicted molar refractivity (Wildman–Crippen MR) is 57.1 cm³/mol. The van der Waals surface area contributed by atoms with Gasteiger partial charge in [0.1, 0.15) is 0 Å². The summed E-state index contributed by atoms with van der Waals surface area (Å²) in [6, 6.07) is 2.54. The SMILES string of the molecule is NCC[C@H](N)c1cc(C(F)(F)F)ccc1Cl. The molecule has 0 amide bonds. The van der Waals surface area contributed by atoms with Gasteiger partial charge in [-0.2, -0.15) is 13.2 Å². The minimum atomic E-state index is -4.39. The van der Waals surface area contributed by atoms with Crippen LogP contribution in [0.25, 0.3) is 0 Å². The van der Waals surface area contributed by atoms with Crippen molar-refractivity contribution < 1.29 is 13.2 Å². The van der Waals surface area contributed by atoms with Crippen molar-refractivity contribution in [2.24, 2.45) is 11.5 Å².